The topological polar surface area (TPSA) is 31.2 Å². The molecule has 2 atom stereocenters. The van der Waals surface area contributed by atoms with Crippen molar-refractivity contribution in [2.75, 3.05) is 13.2 Å². The van der Waals surface area contributed by atoms with Crippen LogP contribution in [0.5, 0.6) is 0 Å². The Hall–Kier alpha value is -1.09. The first-order valence-corrected chi connectivity index (χ1v) is 5.52. The molecule has 0 saturated carbocycles. The quantitative estimate of drug-likeness (QED) is 0.712. The molecule has 1 aliphatic rings. The highest BCUT2D eigenvalue weighted by Crippen LogP contribution is 2.27. The lowest BCUT2D eigenvalue weighted by Gasteiger charge is -2.29. The molecule has 1 aromatic rings. The molecule has 0 aliphatic carbocycles. The number of rotatable bonds is 3. The van der Waals surface area contributed by atoms with Crippen LogP contribution < -0.4 is 0 Å². The summed E-state index contributed by atoms with van der Waals surface area (Å²) in [5.41, 5.74) is 0.757. The third-order valence-electron chi connectivity index (χ3n) is 3.25. The summed E-state index contributed by atoms with van der Waals surface area (Å²) in [7, 11) is 0. The average molecular weight is 207 g/mol. The zero-order valence-electron chi connectivity index (χ0n) is 9.06. The molecule has 1 fully saturated rings. The van der Waals surface area contributed by atoms with E-state index in [4.69, 9.17) is 4.74 Å². The van der Waals surface area contributed by atoms with Crippen molar-refractivity contribution in [1.82, 2.24) is 4.57 Å². The molecular formula is C12H17NO2. The van der Waals surface area contributed by atoms with Gasteiger partial charge in [0.2, 0.25) is 0 Å². The highest BCUT2D eigenvalue weighted by molar-refractivity contribution is 5.72. The van der Waals surface area contributed by atoms with E-state index >= 15 is 0 Å². The normalized spacial score (nSPS) is 23.7. The Balaban J connectivity index is 2.11. The maximum atomic E-state index is 10.8. The third kappa shape index (κ3) is 2.12. The first kappa shape index (κ1) is 10.4. The van der Waals surface area contributed by atoms with E-state index < -0.39 is 0 Å². The number of aldehydes is 1. The zero-order chi connectivity index (χ0) is 10.7. The van der Waals surface area contributed by atoms with Crippen molar-refractivity contribution in [2.45, 2.75) is 25.8 Å². The van der Waals surface area contributed by atoms with Gasteiger partial charge in [-0.05, 0) is 31.9 Å². The van der Waals surface area contributed by atoms with Gasteiger partial charge in [-0.2, -0.15) is 0 Å². The van der Waals surface area contributed by atoms with Crippen LogP contribution in [-0.4, -0.2) is 24.1 Å². The lowest BCUT2D eigenvalue weighted by molar-refractivity contribution is 0.0360. The van der Waals surface area contributed by atoms with Crippen LogP contribution in [0.15, 0.2) is 18.3 Å². The Kier molecular flexibility index (Phi) is 3.21. The van der Waals surface area contributed by atoms with E-state index in [1.54, 1.807) is 0 Å². The van der Waals surface area contributed by atoms with Crippen LogP contribution in [0.3, 0.4) is 0 Å². The fourth-order valence-electron chi connectivity index (χ4n) is 2.25. The van der Waals surface area contributed by atoms with Gasteiger partial charge >= 0.3 is 0 Å². The molecule has 0 bridgehead atoms. The standard InChI is InChI=1S/C12H17NO2/c1-10(11-4-3-7-15-9-11)13-6-2-5-12(13)8-14/h2,5-6,8,10-11H,3-4,7,9H2,1H3. The first-order chi connectivity index (χ1) is 7.33. The summed E-state index contributed by atoms with van der Waals surface area (Å²) in [5.74, 6) is 0.532. The minimum atomic E-state index is 0.348. The van der Waals surface area contributed by atoms with E-state index in [0.29, 0.717) is 12.0 Å². The van der Waals surface area contributed by atoms with E-state index in [-0.39, 0.29) is 0 Å². The summed E-state index contributed by atoms with van der Waals surface area (Å²) < 4.78 is 7.52. The fraction of sp³-hybridized carbons (Fsp3) is 0.583. The fourth-order valence-corrected chi connectivity index (χ4v) is 2.25. The second-order valence-electron chi connectivity index (χ2n) is 4.18. The molecule has 2 rings (SSSR count). The van der Waals surface area contributed by atoms with Crippen LogP contribution >= 0.6 is 0 Å². The highest BCUT2D eigenvalue weighted by Gasteiger charge is 2.22. The number of carbonyl (C=O) groups is 1. The van der Waals surface area contributed by atoms with Crippen molar-refractivity contribution >= 4 is 6.29 Å². The molecule has 1 saturated heterocycles. The monoisotopic (exact) mass is 207 g/mol. The summed E-state index contributed by atoms with van der Waals surface area (Å²) in [5, 5.41) is 0. The lowest BCUT2D eigenvalue weighted by atomic mass is 9.95. The maximum absolute atomic E-state index is 10.8. The minimum Gasteiger partial charge on any atom is -0.381 e. The Morgan fingerprint density at radius 3 is 3.20 bits per heavy atom. The van der Waals surface area contributed by atoms with Gasteiger partial charge in [-0.15, -0.1) is 0 Å². The third-order valence-corrected chi connectivity index (χ3v) is 3.25. The number of aromatic nitrogens is 1. The van der Waals surface area contributed by atoms with Gasteiger partial charge in [0.05, 0.1) is 12.3 Å². The Morgan fingerprint density at radius 1 is 1.67 bits per heavy atom. The van der Waals surface area contributed by atoms with Gasteiger partial charge in [0.15, 0.2) is 6.29 Å². The van der Waals surface area contributed by atoms with Crippen LogP contribution in [0, 0.1) is 5.92 Å². The van der Waals surface area contributed by atoms with Crippen molar-refractivity contribution in [3.05, 3.63) is 24.0 Å². The Labute approximate surface area is 90.0 Å². The van der Waals surface area contributed by atoms with Gasteiger partial charge in [-0.1, -0.05) is 0 Å². The van der Waals surface area contributed by atoms with Gasteiger partial charge in [0.25, 0.3) is 0 Å². The number of ether oxygens (including phenoxy) is 1. The number of hydrogen-bond donors (Lipinski definition) is 0. The van der Waals surface area contributed by atoms with Crippen molar-refractivity contribution in [3.8, 4) is 0 Å². The van der Waals surface area contributed by atoms with E-state index in [1.165, 1.54) is 6.42 Å². The Bertz CT molecular complexity index is 326. The lowest BCUT2D eigenvalue weighted by Crippen LogP contribution is -2.26. The first-order valence-electron chi connectivity index (χ1n) is 5.52. The Morgan fingerprint density at radius 2 is 2.53 bits per heavy atom. The van der Waals surface area contributed by atoms with Crippen LogP contribution in [0.25, 0.3) is 0 Å². The summed E-state index contributed by atoms with van der Waals surface area (Å²) in [6, 6.07) is 4.12. The highest BCUT2D eigenvalue weighted by atomic mass is 16.5. The van der Waals surface area contributed by atoms with Crippen molar-refractivity contribution in [2.24, 2.45) is 5.92 Å². The number of hydrogen-bond acceptors (Lipinski definition) is 2. The second kappa shape index (κ2) is 4.62. The number of nitrogens with zero attached hydrogens (tertiary/aromatic N) is 1. The van der Waals surface area contributed by atoms with Crippen LogP contribution in [-0.2, 0) is 4.74 Å². The second-order valence-corrected chi connectivity index (χ2v) is 4.18. The molecule has 2 heterocycles. The predicted molar refractivity (Wildman–Crippen MR) is 58.1 cm³/mol. The summed E-state index contributed by atoms with van der Waals surface area (Å²) in [6.45, 7) is 3.86. The predicted octanol–water partition coefficient (Wildman–Crippen LogP) is 2.29. The molecular weight excluding hydrogens is 190 g/mol. The van der Waals surface area contributed by atoms with Crippen molar-refractivity contribution < 1.29 is 9.53 Å². The maximum Gasteiger partial charge on any atom is 0.166 e. The van der Waals surface area contributed by atoms with E-state index in [9.17, 15) is 4.79 Å². The molecule has 0 aromatic carbocycles. The molecule has 3 nitrogen and oxygen atoms in total. The van der Waals surface area contributed by atoms with Gasteiger partial charge in [-0.3, -0.25) is 4.79 Å². The SMILES string of the molecule is CC(C1CCCOC1)n1cccc1C=O. The molecule has 2 unspecified atom stereocenters. The average Bonchev–Trinajstić information content (AvgIpc) is 2.77. The zero-order valence-corrected chi connectivity index (χ0v) is 9.06. The molecule has 0 amide bonds. The van der Waals surface area contributed by atoms with Crippen molar-refractivity contribution in [1.29, 1.82) is 0 Å². The molecule has 3 heteroatoms. The van der Waals surface area contributed by atoms with Crippen LogP contribution in [0.2, 0.25) is 0 Å². The van der Waals surface area contributed by atoms with Gasteiger partial charge in [0, 0.05) is 24.8 Å². The molecule has 0 spiro atoms. The van der Waals surface area contributed by atoms with E-state index in [2.05, 4.69) is 6.92 Å². The number of carbonyl (C=O) groups excluding carboxylic acids is 1. The molecule has 82 valence electrons. The molecule has 0 radical (unpaired) electrons. The molecule has 0 N–H and O–H groups in total. The van der Waals surface area contributed by atoms with Gasteiger partial charge in [0.1, 0.15) is 0 Å². The molecule has 15 heavy (non-hydrogen) atoms. The smallest absolute Gasteiger partial charge is 0.166 e. The summed E-state index contributed by atoms with van der Waals surface area (Å²) >= 11 is 0. The van der Waals surface area contributed by atoms with Gasteiger partial charge < -0.3 is 9.30 Å². The van der Waals surface area contributed by atoms with Crippen molar-refractivity contribution in [3.63, 3.8) is 0 Å². The largest absolute Gasteiger partial charge is 0.381 e. The van der Waals surface area contributed by atoms with Gasteiger partial charge in [-0.25, -0.2) is 0 Å². The summed E-state index contributed by atoms with van der Waals surface area (Å²) in [4.78, 5) is 10.8. The molecule has 1 aliphatic heterocycles. The van der Waals surface area contributed by atoms with Crippen LogP contribution in [0.1, 0.15) is 36.3 Å². The van der Waals surface area contributed by atoms with E-state index in [1.807, 2.05) is 22.9 Å². The van der Waals surface area contributed by atoms with E-state index in [0.717, 1.165) is 31.6 Å². The minimum absolute atomic E-state index is 0.348. The molecule has 1 aromatic heterocycles. The van der Waals surface area contributed by atoms with Crippen LogP contribution in [0.4, 0.5) is 0 Å². The summed E-state index contributed by atoms with van der Waals surface area (Å²) in [6.07, 6.45) is 5.22.